The molecule has 0 amide bonds. The average Bonchev–Trinajstić information content (AvgIpc) is 2.99. The predicted octanol–water partition coefficient (Wildman–Crippen LogP) is 0.238. The minimum absolute atomic E-state index is 0. The van der Waals surface area contributed by atoms with E-state index in [-0.39, 0.29) is 59.1 Å². The van der Waals surface area contributed by atoms with Crippen LogP contribution in [0.4, 0.5) is 0 Å². The summed E-state index contributed by atoms with van der Waals surface area (Å²) in [5, 5.41) is 15.4. The molecule has 2 rings (SSSR count). The van der Waals surface area contributed by atoms with Gasteiger partial charge in [-0.15, -0.1) is 0 Å². The molecule has 102 valence electrons. The van der Waals surface area contributed by atoms with E-state index in [0.29, 0.717) is 0 Å². The molecule has 2 radical (unpaired) electrons. The van der Waals surface area contributed by atoms with Crippen LogP contribution in [0.1, 0.15) is 27.7 Å². The van der Waals surface area contributed by atoms with E-state index >= 15 is 0 Å². The second kappa shape index (κ2) is 8.25. The number of hydrogen-bond acceptors (Lipinski definition) is 6. The Balaban J connectivity index is 0.00000180. The molecular formula is C12H22N6Na2. The van der Waals surface area contributed by atoms with Crippen molar-refractivity contribution in [2.45, 2.75) is 38.8 Å². The minimum Gasteiger partial charge on any atom is -0.370 e. The topological polar surface area (TPSA) is 73.5 Å². The number of amidine groups is 2. The number of rotatable bonds is 4. The van der Waals surface area contributed by atoms with Crippen LogP contribution in [0.3, 0.4) is 0 Å². The van der Waals surface area contributed by atoms with E-state index in [1.807, 2.05) is 27.7 Å². The second-order valence-electron chi connectivity index (χ2n) is 5.63. The van der Waals surface area contributed by atoms with Crippen LogP contribution in [0.25, 0.3) is 0 Å². The molecule has 2 aliphatic heterocycles. The molecule has 0 saturated heterocycles. The van der Waals surface area contributed by atoms with Gasteiger partial charge < -0.3 is 10.6 Å². The maximum absolute atomic E-state index is 4.47. The van der Waals surface area contributed by atoms with Gasteiger partial charge in [0.25, 0.3) is 0 Å². The Labute approximate surface area is 165 Å². The molecule has 0 unspecified atom stereocenters. The number of nitrogens with zero attached hydrogens (tertiary/aromatic N) is 4. The normalized spacial score (nSPS) is 18.6. The quantitative estimate of drug-likeness (QED) is 0.576. The molecule has 0 atom stereocenters. The molecule has 0 saturated carbocycles. The van der Waals surface area contributed by atoms with Gasteiger partial charge >= 0.3 is 0 Å². The van der Waals surface area contributed by atoms with Gasteiger partial charge in [-0.1, -0.05) is 0 Å². The summed E-state index contributed by atoms with van der Waals surface area (Å²) in [4.78, 5) is 8.82. The first kappa shape index (κ1) is 20.5. The zero-order chi connectivity index (χ0) is 13.2. The van der Waals surface area contributed by atoms with Gasteiger partial charge in [-0.3, -0.25) is 9.98 Å². The summed E-state index contributed by atoms with van der Waals surface area (Å²) in [5.41, 5.74) is -0.792. The molecule has 0 aromatic heterocycles. The molecule has 2 heterocycles. The number of azo groups is 1. The Morgan fingerprint density at radius 2 is 1.15 bits per heavy atom. The van der Waals surface area contributed by atoms with E-state index in [1.54, 1.807) is 0 Å². The molecule has 0 fully saturated rings. The van der Waals surface area contributed by atoms with Gasteiger partial charge in [-0.25, -0.2) is 0 Å². The van der Waals surface area contributed by atoms with E-state index in [2.05, 4.69) is 30.8 Å². The average molecular weight is 296 g/mol. The SMILES string of the molecule is CC(C)(N=NC(C)(C)C1=NCCN1)C1=NCCN1.[Na].[Na]. The van der Waals surface area contributed by atoms with Crippen molar-refractivity contribution >= 4 is 70.8 Å². The maximum Gasteiger partial charge on any atom is 0.133 e. The zero-order valence-electron chi connectivity index (χ0n) is 13.6. The number of aliphatic imine (C=N–C) groups is 2. The van der Waals surface area contributed by atoms with E-state index in [1.165, 1.54) is 0 Å². The Morgan fingerprint density at radius 3 is 1.40 bits per heavy atom. The molecule has 0 aromatic rings. The fourth-order valence-corrected chi connectivity index (χ4v) is 1.96. The molecule has 0 bridgehead atoms. The van der Waals surface area contributed by atoms with Crippen molar-refractivity contribution in [1.29, 1.82) is 0 Å². The summed E-state index contributed by atoms with van der Waals surface area (Å²) in [6.07, 6.45) is 0. The molecule has 20 heavy (non-hydrogen) atoms. The first-order chi connectivity index (χ1) is 8.42. The fourth-order valence-electron chi connectivity index (χ4n) is 1.96. The van der Waals surface area contributed by atoms with Gasteiger partial charge in [0.1, 0.15) is 22.7 Å². The maximum atomic E-state index is 4.47. The third-order valence-corrected chi connectivity index (χ3v) is 3.06. The molecule has 0 aliphatic carbocycles. The summed E-state index contributed by atoms with van der Waals surface area (Å²) in [7, 11) is 0. The predicted molar refractivity (Wildman–Crippen MR) is 85.1 cm³/mol. The van der Waals surface area contributed by atoms with Gasteiger partial charge in [0, 0.05) is 72.2 Å². The standard InChI is InChI=1S/C12H22N6.2Na/c1-11(2,9-13-5-6-14-9)17-18-12(3,4)10-15-7-8-16-10;;/h5-8H2,1-4H3,(H,13,14)(H,15,16);;. The van der Waals surface area contributed by atoms with Gasteiger partial charge in [0.05, 0.1) is 13.1 Å². The van der Waals surface area contributed by atoms with Crippen molar-refractivity contribution in [2.24, 2.45) is 20.2 Å². The Morgan fingerprint density at radius 1 is 0.800 bits per heavy atom. The van der Waals surface area contributed by atoms with E-state index in [4.69, 9.17) is 0 Å². The Kier molecular flexibility index (Phi) is 8.47. The van der Waals surface area contributed by atoms with Crippen LogP contribution in [0.5, 0.6) is 0 Å². The number of nitrogens with one attached hydrogen (secondary N) is 2. The fraction of sp³-hybridized carbons (Fsp3) is 0.833. The minimum atomic E-state index is -0.396. The monoisotopic (exact) mass is 296 g/mol. The summed E-state index contributed by atoms with van der Waals surface area (Å²) >= 11 is 0. The molecule has 0 spiro atoms. The third kappa shape index (κ3) is 5.07. The van der Waals surface area contributed by atoms with E-state index < -0.39 is 11.1 Å². The zero-order valence-corrected chi connectivity index (χ0v) is 17.6. The van der Waals surface area contributed by atoms with Crippen molar-refractivity contribution in [2.75, 3.05) is 26.2 Å². The van der Waals surface area contributed by atoms with E-state index in [0.717, 1.165) is 37.9 Å². The van der Waals surface area contributed by atoms with Crippen LogP contribution in [-0.2, 0) is 0 Å². The molecule has 2 N–H and O–H groups in total. The van der Waals surface area contributed by atoms with Gasteiger partial charge in [0.2, 0.25) is 0 Å². The van der Waals surface area contributed by atoms with Gasteiger partial charge in [0.15, 0.2) is 0 Å². The van der Waals surface area contributed by atoms with E-state index in [9.17, 15) is 0 Å². The van der Waals surface area contributed by atoms with Crippen LogP contribution in [-0.4, -0.2) is 108 Å². The first-order valence-electron chi connectivity index (χ1n) is 6.43. The van der Waals surface area contributed by atoms with Crippen LogP contribution in [0.15, 0.2) is 20.2 Å². The van der Waals surface area contributed by atoms with Crippen molar-refractivity contribution in [3.05, 3.63) is 0 Å². The van der Waals surface area contributed by atoms with Crippen LogP contribution in [0.2, 0.25) is 0 Å². The molecule has 2 aliphatic rings. The largest absolute Gasteiger partial charge is 0.370 e. The molecular weight excluding hydrogens is 274 g/mol. The van der Waals surface area contributed by atoms with Crippen molar-refractivity contribution in [3.63, 3.8) is 0 Å². The van der Waals surface area contributed by atoms with Crippen molar-refractivity contribution in [3.8, 4) is 0 Å². The smallest absolute Gasteiger partial charge is 0.133 e. The van der Waals surface area contributed by atoms with Crippen molar-refractivity contribution in [1.82, 2.24) is 10.6 Å². The first-order valence-corrected chi connectivity index (χ1v) is 6.43. The third-order valence-electron chi connectivity index (χ3n) is 3.06. The molecule has 8 heteroatoms. The van der Waals surface area contributed by atoms with Gasteiger partial charge in [-0.2, -0.15) is 10.2 Å². The Bertz CT molecular complexity index is 376. The second-order valence-corrected chi connectivity index (χ2v) is 5.63. The summed E-state index contributed by atoms with van der Waals surface area (Å²) in [6, 6.07) is 0. The van der Waals surface area contributed by atoms with Crippen LogP contribution >= 0.6 is 0 Å². The Hall–Kier alpha value is 0.540. The molecule has 6 nitrogen and oxygen atoms in total. The van der Waals surface area contributed by atoms with Crippen LogP contribution < -0.4 is 10.6 Å². The summed E-state index contributed by atoms with van der Waals surface area (Å²) in [5.74, 6) is 1.84. The molecule has 0 aromatic carbocycles. The summed E-state index contributed by atoms with van der Waals surface area (Å²) < 4.78 is 0. The van der Waals surface area contributed by atoms with Crippen molar-refractivity contribution < 1.29 is 0 Å². The van der Waals surface area contributed by atoms with Gasteiger partial charge in [-0.05, 0) is 27.7 Å². The number of hydrogen-bond donors (Lipinski definition) is 2. The summed E-state index contributed by atoms with van der Waals surface area (Å²) in [6.45, 7) is 11.5. The van der Waals surface area contributed by atoms with Crippen LogP contribution in [0, 0.1) is 0 Å².